The number of carboxylic acid groups (broad SMARTS) is 1. The fourth-order valence-electron chi connectivity index (χ4n) is 1.97. The molecule has 0 spiro atoms. The molecule has 1 saturated carbocycles. The van der Waals surface area contributed by atoms with Gasteiger partial charge >= 0.3 is 5.97 Å². The molecule has 0 radical (unpaired) electrons. The predicted octanol–water partition coefficient (Wildman–Crippen LogP) is 2.66. The minimum Gasteiger partial charge on any atom is -0.481 e. The maximum absolute atomic E-state index is 11.4. The average Bonchev–Trinajstić information content (AvgIpc) is 2.83. The van der Waals surface area contributed by atoms with Crippen LogP contribution in [-0.4, -0.2) is 21.8 Å². The Morgan fingerprint density at radius 2 is 2.05 bits per heavy atom. The number of nitrogens with zero attached hydrogens (tertiary/aromatic N) is 1. The lowest BCUT2D eigenvalue weighted by Crippen LogP contribution is -1.99. The van der Waals surface area contributed by atoms with Gasteiger partial charge in [-0.2, -0.15) is 0 Å². The standard InChI is InChI=1S/C13H9NO3S2/c15-11-9(10(11)12(16)17)7-1-3-8(4-2-7)19-13-14-5-6-18-13/h1-6,9-10H,(H,16,17). The Kier molecular flexibility index (Phi) is 3.12. The van der Waals surface area contributed by atoms with Crippen LogP contribution in [0.15, 0.2) is 45.1 Å². The summed E-state index contributed by atoms with van der Waals surface area (Å²) in [6.07, 6.45) is 1.75. The third kappa shape index (κ3) is 2.41. The number of benzene rings is 1. The maximum Gasteiger partial charge on any atom is 0.315 e. The van der Waals surface area contributed by atoms with E-state index in [1.54, 1.807) is 29.3 Å². The second kappa shape index (κ2) is 4.79. The Balaban J connectivity index is 1.73. The molecule has 1 aromatic heterocycles. The summed E-state index contributed by atoms with van der Waals surface area (Å²) >= 11 is 3.11. The van der Waals surface area contributed by atoms with Crippen molar-refractivity contribution < 1.29 is 14.7 Å². The molecular formula is C13H9NO3S2. The Bertz CT molecular complexity index is 622. The third-order valence-electron chi connectivity index (χ3n) is 2.96. The highest BCUT2D eigenvalue weighted by Crippen LogP contribution is 2.43. The van der Waals surface area contributed by atoms with Gasteiger partial charge in [-0.25, -0.2) is 4.98 Å². The van der Waals surface area contributed by atoms with Gasteiger partial charge in [-0.15, -0.1) is 11.3 Å². The van der Waals surface area contributed by atoms with Crippen LogP contribution < -0.4 is 0 Å². The normalized spacial score (nSPS) is 21.4. The van der Waals surface area contributed by atoms with Crippen LogP contribution in [0.5, 0.6) is 0 Å². The molecule has 2 unspecified atom stereocenters. The van der Waals surface area contributed by atoms with Crippen LogP contribution in [0.4, 0.5) is 0 Å². The largest absolute Gasteiger partial charge is 0.481 e. The summed E-state index contributed by atoms with van der Waals surface area (Å²) in [5.41, 5.74) is 0.779. The lowest BCUT2D eigenvalue weighted by atomic mass is 10.1. The SMILES string of the molecule is O=C(O)C1C(=O)C1c1ccc(Sc2nccs2)cc1. The van der Waals surface area contributed by atoms with Gasteiger partial charge in [0.15, 0.2) is 10.1 Å². The van der Waals surface area contributed by atoms with Gasteiger partial charge < -0.3 is 5.11 Å². The highest BCUT2D eigenvalue weighted by molar-refractivity contribution is 8.01. The van der Waals surface area contributed by atoms with E-state index in [2.05, 4.69) is 4.98 Å². The number of aliphatic carboxylic acids is 1. The summed E-state index contributed by atoms with van der Waals surface area (Å²) in [5.74, 6) is -2.54. The molecule has 6 heteroatoms. The van der Waals surface area contributed by atoms with Crippen molar-refractivity contribution in [1.82, 2.24) is 4.98 Å². The lowest BCUT2D eigenvalue weighted by molar-refractivity contribution is -0.139. The number of thiazole rings is 1. The molecule has 96 valence electrons. The van der Waals surface area contributed by atoms with Crippen LogP contribution in [0.25, 0.3) is 0 Å². The zero-order chi connectivity index (χ0) is 13.4. The van der Waals surface area contributed by atoms with E-state index in [1.807, 2.05) is 29.6 Å². The Morgan fingerprint density at radius 1 is 1.32 bits per heavy atom. The van der Waals surface area contributed by atoms with E-state index in [-0.39, 0.29) is 5.78 Å². The molecule has 1 fully saturated rings. The highest BCUT2D eigenvalue weighted by atomic mass is 32.2. The number of carbonyl (C=O) groups is 2. The molecular weight excluding hydrogens is 282 g/mol. The number of ketones is 1. The van der Waals surface area contributed by atoms with Gasteiger partial charge in [-0.05, 0) is 17.7 Å². The van der Waals surface area contributed by atoms with E-state index in [1.165, 1.54) is 0 Å². The van der Waals surface area contributed by atoms with Crippen LogP contribution in [0.3, 0.4) is 0 Å². The van der Waals surface area contributed by atoms with Crippen LogP contribution in [0.2, 0.25) is 0 Å². The van der Waals surface area contributed by atoms with Crippen molar-refractivity contribution in [2.75, 3.05) is 0 Å². The molecule has 2 atom stereocenters. The van der Waals surface area contributed by atoms with Crippen molar-refractivity contribution >= 4 is 34.9 Å². The first-order valence-electron chi connectivity index (χ1n) is 5.60. The first-order valence-corrected chi connectivity index (χ1v) is 7.30. The average molecular weight is 291 g/mol. The molecule has 1 aliphatic rings. The number of carboxylic acids is 1. The number of hydrogen-bond donors (Lipinski definition) is 1. The molecule has 1 aliphatic carbocycles. The summed E-state index contributed by atoms with van der Waals surface area (Å²) in [7, 11) is 0. The Labute approximate surface area is 117 Å². The molecule has 3 rings (SSSR count). The molecule has 0 bridgehead atoms. The topological polar surface area (TPSA) is 67.3 Å². The van der Waals surface area contributed by atoms with E-state index >= 15 is 0 Å². The molecule has 2 aromatic rings. The van der Waals surface area contributed by atoms with E-state index in [0.29, 0.717) is 0 Å². The second-order valence-corrected chi connectivity index (χ2v) is 6.38. The zero-order valence-electron chi connectivity index (χ0n) is 9.65. The van der Waals surface area contributed by atoms with Crippen molar-refractivity contribution in [2.45, 2.75) is 15.2 Å². The van der Waals surface area contributed by atoms with E-state index in [9.17, 15) is 9.59 Å². The van der Waals surface area contributed by atoms with Crippen LogP contribution >= 0.6 is 23.1 Å². The van der Waals surface area contributed by atoms with Gasteiger partial charge in [0, 0.05) is 16.5 Å². The summed E-state index contributed by atoms with van der Waals surface area (Å²) in [5, 5.41) is 10.8. The summed E-state index contributed by atoms with van der Waals surface area (Å²) < 4.78 is 0.957. The van der Waals surface area contributed by atoms with E-state index in [4.69, 9.17) is 5.11 Å². The third-order valence-corrected chi connectivity index (χ3v) is 4.85. The molecule has 4 nitrogen and oxygen atoms in total. The van der Waals surface area contributed by atoms with E-state index in [0.717, 1.165) is 14.8 Å². The number of carbonyl (C=O) groups excluding carboxylic acids is 1. The van der Waals surface area contributed by atoms with Crippen molar-refractivity contribution in [3.8, 4) is 0 Å². The number of aromatic nitrogens is 1. The molecule has 0 amide bonds. The fraction of sp³-hybridized carbons (Fsp3) is 0.154. The van der Waals surface area contributed by atoms with Gasteiger partial charge in [0.25, 0.3) is 0 Å². The Morgan fingerprint density at radius 3 is 2.58 bits per heavy atom. The first kappa shape index (κ1) is 12.4. The van der Waals surface area contributed by atoms with Gasteiger partial charge in [0.05, 0.1) is 5.92 Å². The number of hydrogen-bond acceptors (Lipinski definition) is 5. The van der Waals surface area contributed by atoms with Crippen molar-refractivity contribution in [3.63, 3.8) is 0 Å². The lowest BCUT2D eigenvalue weighted by Gasteiger charge is -2.00. The monoisotopic (exact) mass is 291 g/mol. The van der Waals surface area contributed by atoms with Crippen molar-refractivity contribution in [2.24, 2.45) is 5.92 Å². The molecule has 1 aromatic carbocycles. The Hall–Kier alpha value is -1.66. The molecule has 0 aliphatic heterocycles. The number of rotatable bonds is 4. The van der Waals surface area contributed by atoms with Crippen LogP contribution in [0, 0.1) is 5.92 Å². The summed E-state index contributed by atoms with van der Waals surface area (Å²) in [6, 6.07) is 7.43. The minimum atomic E-state index is -1.03. The van der Waals surface area contributed by atoms with Gasteiger partial charge in [0.2, 0.25) is 0 Å². The van der Waals surface area contributed by atoms with Gasteiger partial charge in [-0.1, -0.05) is 23.9 Å². The number of Topliss-reactive ketones (excluding diaryl/α,β-unsaturated/α-hetero) is 1. The summed E-state index contributed by atoms with van der Waals surface area (Å²) in [4.78, 5) is 27.4. The second-order valence-electron chi connectivity index (χ2n) is 4.17. The van der Waals surface area contributed by atoms with Crippen molar-refractivity contribution in [3.05, 3.63) is 41.4 Å². The molecule has 19 heavy (non-hydrogen) atoms. The maximum atomic E-state index is 11.4. The van der Waals surface area contributed by atoms with Crippen LogP contribution in [0.1, 0.15) is 11.5 Å². The zero-order valence-corrected chi connectivity index (χ0v) is 11.3. The van der Waals surface area contributed by atoms with Gasteiger partial charge in [-0.3, -0.25) is 9.59 Å². The van der Waals surface area contributed by atoms with Crippen LogP contribution in [-0.2, 0) is 9.59 Å². The molecule has 1 heterocycles. The minimum absolute atomic E-state index is 0.201. The quantitative estimate of drug-likeness (QED) is 0.877. The molecule has 1 N–H and O–H groups in total. The fourth-order valence-corrected chi connectivity index (χ4v) is 3.56. The predicted molar refractivity (Wildman–Crippen MR) is 71.6 cm³/mol. The highest BCUT2D eigenvalue weighted by Gasteiger charge is 2.55. The molecule has 0 saturated heterocycles. The van der Waals surface area contributed by atoms with Crippen molar-refractivity contribution in [1.29, 1.82) is 0 Å². The smallest absolute Gasteiger partial charge is 0.315 e. The first-order chi connectivity index (χ1) is 9.16. The van der Waals surface area contributed by atoms with Gasteiger partial charge in [0.1, 0.15) is 5.92 Å². The van der Waals surface area contributed by atoms with E-state index < -0.39 is 17.8 Å². The summed E-state index contributed by atoms with van der Waals surface area (Å²) in [6.45, 7) is 0.